The number of carboxylic acids is 1. The Labute approximate surface area is 103 Å². The highest BCUT2D eigenvalue weighted by molar-refractivity contribution is 6.30. The van der Waals surface area contributed by atoms with E-state index in [-0.39, 0.29) is 13.0 Å². The van der Waals surface area contributed by atoms with Crippen molar-refractivity contribution in [2.24, 2.45) is 0 Å². The summed E-state index contributed by atoms with van der Waals surface area (Å²) >= 11 is 5.74. The van der Waals surface area contributed by atoms with Gasteiger partial charge in [0.2, 0.25) is 0 Å². The van der Waals surface area contributed by atoms with Crippen molar-refractivity contribution in [3.8, 4) is 0 Å². The summed E-state index contributed by atoms with van der Waals surface area (Å²) in [6.07, 6.45) is -1.32. The third kappa shape index (κ3) is 2.68. The summed E-state index contributed by atoms with van der Waals surface area (Å²) in [6, 6.07) is 6.70. The Morgan fingerprint density at radius 1 is 1.47 bits per heavy atom. The van der Waals surface area contributed by atoms with Crippen LogP contribution < -0.4 is 4.90 Å². The molecule has 0 radical (unpaired) electrons. The average molecular weight is 256 g/mol. The maximum absolute atomic E-state index is 11.5. The largest absolute Gasteiger partial charge is 0.481 e. The molecule has 1 aromatic carbocycles. The minimum Gasteiger partial charge on any atom is -0.481 e. The molecule has 6 heteroatoms. The zero-order valence-corrected chi connectivity index (χ0v) is 9.55. The molecule has 1 atom stereocenters. The fourth-order valence-electron chi connectivity index (χ4n) is 1.65. The first kappa shape index (κ1) is 11.7. The van der Waals surface area contributed by atoms with E-state index < -0.39 is 18.2 Å². The lowest BCUT2D eigenvalue weighted by atomic mass is 10.2. The number of nitrogens with zero attached hydrogens (tertiary/aromatic N) is 1. The van der Waals surface area contributed by atoms with Gasteiger partial charge in [-0.1, -0.05) is 11.6 Å². The first-order chi connectivity index (χ1) is 8.06. The Balaban J connectivity index is 2.10. The molecule has 0 spiro atoms. The molecule has 1 N–H and O–H groups in total. The van der Waals surface area contributed by atoms with Gasteiger partial charge in [0.15, 0.2) is 0 Å². The quantitative estimate of drug-likeness (QED) is 0.899. The molecule has 0 aromatic heterocycles. The second kappa shape index (κ2) is 4.63. The van der Waals surface area contributed by atoms with E-state index in [0.29, 0.717) is 10.7 Å². The third-order valence-corrected chi connectivity index (χ3v) is 2.67. The Morgan fingerprint density at radius 3 is 2.71 bits per heavy atom. The Kier molecular flexibility index (Phi) is 3.19. The fourth-order valence-corrected chi connectivity index (χ4v) is 1.78. The minimum absolute atomic E-state index is 0.185. The Morgan fingerprint density at radius 2 is 2.12 bits per heavy atom. The first-order valence-electron chi connectivity index (χ1n) is 5.02. The molecule has 1 amide bonds. The minimum atomic E-state index is -0.985. The predicted octanol–water partition coefficient (Wildman–Crippen LogP) is 2.14. The van der Waals surface area contributed by atoms with Crippen molar-refractivity contribution in [1.82, 2.24) is 0 Å². The summed E-state index contributed by atoms with van der Waals surface area (Å²) in [5, 5.41) is 9.20. The lowest BCUT2D eigenvalue weighted by Crippen LogP contribution is -2.25. The van der Waals surface area contributed by atoms with Gasteiger partial charge in [-0.25, -0.2) is 4.79 Å². The summed E-state index contributed by atoms with van der Waals surface area (Å²) < 4.78 is 4.94. The van der Waals surface area contributed by atoms with Crippen LogP contribution in [-0.4, -0.2) is 29.8 Å². The van der Waals surface area contributed by atoms with Gasteiger partial charge in [0, 0.05) is 10.7 Å². The van der Waals surface area contributed by atoms with Gasteiger partial charge in [0.05, 0.1) is 13.0 Å². The Bertz CT molecular complexity index is 445. The molecule has 1 saturated heterocycles. The van der Waals surface area contributed by atoms with Gasteiger partial charge in [-0.3, -0.25) is 9.69 Å². The van der Waals surface area contributed by atoms with Gasteiger partial charge in [0.1, 0.15) is 6.10 Å². The molecule has 90 valence electrons. The van der Waals surface area contributed by atoms with Crippen molar-refractivity contribution < 1.29 is 19.4 Å². The van der Waals surface area contributed by atoms with Crippen LogP contribution in [0.3, 0.4) is 0 Å². The number of ether oxygens (including phenoxy) is 1. The molecule has 5 nitrogen and oxygen atoms in total. The number of carbonyl (C=O) groups excluding carboxylic acids is 1. The molecular weight excluding hydrogens is 246 g/mol. The summed E-state index contributed by atoms with van der Waals surface area (Å²) in [5.41, 5.74) is 0.646. The molecule has 1 heterocycles. The van der Waals surface area contributed by atoms with E-state index in [9.17, 15) is 9.59 Å². The number of hydrogen-bond acceptors (Lipinski definition) is 3. The maximum Gasteiger partial charge on any atom is 0.414 e. The van der Waals surface area contributed by atoms with Crippen LogP contribution in [0.1, 0.15) is 6.42 Å². The monoisotopic (exact) mass is 255 g/mol. The molecule has 0 bridgehead atoms. The van der Waals surface area contributed by atoms with E-state index in [1.54, 1.807) is 24.3 Å². The van der Waals surface area contributed by atoms with Crippen molar-refractivity contribution >= 4 is 29.4 Å². The zero-order valence-electron chi connectivity index (χ0n) is 8.80. The third-order valence-electron chi connectivity index (χ3n) is 2.41. The molecule has 1 aromatic rings. The lowest BCUT2D eigenvalue weighted by molar-refractivity contribution is -0.138. The highest BCUT2D eigenvalue weighted by Crippen LogP contribution is 2.24. The summed E-state index contributed by atoms with van der Waals surface area (Å²) in [7, 11) is 0. The summed E-state index contributed by atoms with van der Waals surface area (Å²) in [4.78, 5) is 23.4. The van der Waals surface area contributed by atoms with Gasteiger partial charge in [-0.05, 0) is 24.3 Å². The molecule has 1 aliphatic heterocycles. The maximum atomic E-state index is 11.5. The second-order valence-corrected chi connectivity index (χ2v) is 4.13. The number of carboxylic acid groups (broad SMARTS) is 1. The van der Waals surface area contributed by atoms with Gasteiger partial charge in [-0.2, -0.15) is 0 Å². The first-order valence-corrected chi connectivity index (χ1v) is 5.39. The molecular formula is C11H10ClNO4. The zero-order chi connectivity index (χ0) is 12.4. The van der Waals surface area contributed by atoms with Gasteiger partial charge in [-0.15, -0.1) is 0 Å². The molecule has 1 fully saturated rings. The normalized spacial score (nSPS) is 19.2. The highest BCUT2D eigenvalue weighted by atomic mass is 35.5. The van der Waals surface area contributed by atoms with Crippen LogP contribution in [0.4, 0.5) is 10.5 Å². The van der Waals surface area contributed by atoms with E-state index in [0.717, 1.165) is 0 Å². The summed E-state index contributed by atoms with van der Waals surface area (Å²) in [6.45, 7) is 0.243. The number of rotatable bonds is 3. The van der Waals surface area contributed by atoms with E-state index in [2.05, 4.69) is 0 Å². The topological polar surface area (TPSA) is 66.8 Å². The molecule has 0 aliphatic carbocycles. The number of benzene rings is 1. The van der Waals surface area contributed by atoms with E-state index in [4.69, 9.17) is 21.4 Å². The van der Waals surface area contributed by atoms with E-state index >= 15 is 0 Å². The van der Waals surface area contributed by atoms with E-state index in [1.165, 1.54) is 4.90 Å². The molecule has 1 unspecified atom stereocenters. The van der Waals surface area contributed by atoms with Crippen molar-refractivity contribution in [1.29, 1.82) is 0 Å². The number of amides is 1. The van der Waals surface area contributed by atoms with Crippen LogP contribution in [0, 0.1) is 0 Å². The van der Waals surface area contributed by atoms with E-state index in [1.807, 2.05) is 0 Å². The van der Waals surface area contributed by atoms with Crippen LogP contribution in [0.2, 0.25) is 5.02 Å². The highest BCUT2D eigenvalue weighted by Gasteiger charge is 2.33. The summed E-state index contributed by atoms with van der Waals surface area (Å²) in [5.74, 6) is -0.985. The molecule has 17 heavy (non-hydrogen) atoms. The standard InChI is InChI=1S/C11H10ClNO4/c12-7-1-3-8(4-2-7)13-6-9(5-10(14)15)17-11(13)16/h1-4,9H,5-6H2,(H,14,15). The Hall–Kier alpha value is -1.75. The van der Waals surface area contributed by atoms with Crippen molar-refractivity contribution in [3.05, 3.63) is 29.3 Å². The van der Waals surface area contributed by atoms with Crippen molar-refractivity contribution in [3.63, 3.8) is 0 Å². The second-order valence-electron chi connectivity index (χ2n) is 3.69. The van der Waals surface area contributed by atoms with Crippen LogP contribution in [0.25, 0.3) is 0 Å². The number of aliphatic carboxylic acids is 1. The smallest absolute Gasteiger partial charge is 0.414 e. The fraction of sp³-hybridized carbons (Fsp3) is 0.273. The molecule has 0 saturated carbocycles. The number of hydrogen-bond donors (Lipinski definition) is 1. The number of anilines is 1. The predicted molar refractivity (Wildman–Crippen MR) is 61.3 cm³/mol. The average Bonchev–Trinajstić information content (AvgIpc) is 2.59. The molecule has 1 aliphatic rings. The van der Waals surface area contributed by atoms with Crippen LogP contribution in [0.15, 0.2) is 24.3 Å². The van der Waals surface area contributed by atoms with Gasteiger partial charge >= 0.3 is 12.1 Å². The van der Waals surface area contributed by atoms with Gasteiger partial charge < -0.3 is 9.84 Å². The molecule has 2 rings (SSSR count). The SMILES string of the molecule is O=C(O)CC1CN(c2ccc(Cl)cc2)C(=O)O1. The van der Waals surface area contributed by atoms with Crippen molar-refractivity contribution in [2.75, 3.05) is 11.4 Å². The van der Waals surface area contributed by atoms with Crippen LogP contribution in [-0.2, 0) is 9.53 Å². The van der Waals surface area contributed by atoms with Crippen LogP contribution >= 0.6 is 11.6 Å². The number of cyclic esters (lactones) is 1. The van der Waals surface area contributed by atoms with Gasteiger partial charge in [0.25, 0.3) is 0 Å². The van der Waals surface area contributed by atoms with Crippen LogP contribution in [0.5, 0.6) is 0 Å². The number of carbonyl (C=O) groups is 2. The lowest BCUT2D eigenvalue weighted by Gasteiger charge is -2.12. The number of halogens is 1. The van der Waals surface area contributed by atoms with Crippen molar-refractivity contribution in [2.45, 2.75) is 12.5 Å².